The smallest absolute Gasteiger partial charge is 0.332 e. The Hall–Kier alpha value is -4.26. The largest absolute Gasteiger partial charge is 0.494 e. The molecule has 1 aromatic carbocycles. The Kier molecular flexibility index (Phi) is 5.33. The summed E-state index contributed by atoms with van der Waals surface area (Å²) in [6.45, 7) is 1.89. The fourth-order valence-electron chi connectivity index (χ4n) is 3.43. The number of rotatable bonds is 4. The second-order valence-corrected chi connectivity index (χ2v) is 7.80. The van der Waals surface area contributed by atoms with Gasteiger partial charge in [0.2, 0.25) is 11.8 Å². The molecule has 0 fully saturated rings. The summed E-state index contributed by atoms with van der Waals surface area (Å²) in [5.74, 6) is -0.233. The molecule has 0 spiro atoms. The summed E-state index contributed by atoms with van der Waals surface area (Å²) in [6.07, 6.45) is 1.12. The van der Waals surface area contributed by atoms with Crippen molar-refractivity contribution >= 4 is 35.5 Å². The minimum atomic E-state index is -0.631. The maximum Gasteiger partial charge on any atom is 0.332 e. The van der Waals surface area contributed by atoms with Crippen LogP contribution < -0.4 is 22.2 Å². The zero-order valence-electron chi connectivity index (χ0n) is 18.2. The fourth-order valence-corrected chi connectivity index (χ4v) is 3.72. The number of hydrazone groups is 1. The third-order valence-electron chi connectivity index (χ3n) is 5.21. The zero-order valence-corrected chi connectivity index (χ0v) is 19.0. The molecular formula is C20H20N8O4S. The molecule has 3 N–H and O–H groups in total. The van der Waals surface area contributed by atoms with Gasteiger partial charge in [-0.2, -0.15) is 10.1 Å². The molecule has 0 saturated heterocycles. The summed E-state index contributed by atoms with van der Waals surface area (Å²) in [5.41, 5.74) is 2.75. The maximum atomic E-state index is 12.5. The molecule has 4 rings (SSSR count). The fraction of sp³-hybridized carbons (Fsp3) is 0.200. The van der Waals surface area contributed by atoms with Crippen LogP contribution in [0.4, 0.5) is 5.95 Å². The molecule has 0 aliphatic carbocycles. The zero-order chi connectivity index (χ0) is 24.0. The van der Waals surface area contributed by atoms with Gasteiger partial charge in [-0.1, -0.05) is 12.1 Å². The maximum absolute atomic E-state index is 12.5. The van der Waals surface area contributed by atoms with Crippen molar-refractivity contribution in [1.29, 1.82) is 0 Å². The number of anilines is 1. The number of aromatic nitrogens is 6. The predicted molar refractivity (Wildman–Crippen MR) is 126 cm³/mol. The summed E-state index contributed by atoms with van der Waals surface area (Å²) in [5, 5.41) is 14.7. The van der Waals surface area contributed by atoms with E-state index in [4.69, 9.17) is 12.2 Å². The molecule has 0 aliphatic heterocycles. The number of nitrogens with one attached hydrogen (secondary N) is 2. The van der Waals surface area contributed by atoms with Crippen molar-refractivity contribution in [2.45, 2.75) is 6.92 Å². The van der Waals surface area contributed by atoms with Gasteiger partial charge in [-0.25, -0.2) is 10.2 Å². The summed E-state index contributed by atoms with van der Waals surface area (Å²) >= 11 is 5.21. The topological polar surface area (TPSA) is 144 Å². The van der Waals surface area contributed by atoms with Crippen molar-refractivity contribution < 1.29 is 5.11 Å². The number of aromatic amines is 1. The SMILES string of the molecule is Cc1cccc(-n2c(O)c(C=NNc3nc4c(c(=O)n(C)c(=O)n4C)n3C)c(=O)[nH]c2=S)c1. The lowest BCUT2D eigenvalue weighted by atomic mass is 10.2. The Balaban J connectivity index is 1.77. The number of hydrogen-bond donors (Lipinski definition) is 3. The highest BCUT2D eigenvalue weighted by Crippen LogP contribution is 2.19. The van der Waals surface area contributed by atoms with Gasteiger partial charge in [0.1, 0.15) is 5.56 Å². The highest BCUT2D eigenvalue weighted by atomic mass is 32.1. The van der Waals surface area contributed by atoms with Crippen molar-refractivity contribution in [2.75, 3.05) is 5.43 Å². The van der Waals surface area contributed by atoms with E-state index in [1.165, 1.54) is 27.8 Å². The Labute approximate surface area is 190 Å². The third-order valence-corrected chi connectivity index (χ3v) is 5.50. The molecular weight excluding hydrogens is 448 g/mol. The molecule has 4 aromatic rings. The third kappa shape index (κ3) is 3.57. The molecule has 0 unspecified atom stereocenters. The Bertz CT molecular complexity index is 1690. The van der Waals surface area contributed by atoms with Gasteiger partial charge >= 0.3 is 5.69 Å². The average molecular weight is 468 g/mol. The molecule has 33 heavy (non-hydrogen) atoms. The first-order valence-electron chi connectivity index (χ1n) is 9.68. The summed E-state index contributed by atoms with van der Waals surface area (Å²) in [7, 11) is 4.47. The standard InChI is InChI=1S/C20H20N8O4S/c1-10-6-5-7-11(8-10)28-16(30)12(15(29)23-19(28)33)9-21-24-18-22-14-13(25(18)2)17(31)27(4)20(32)26(14)3/h5-9,30H,1-4H3,(H,22,24)(H,23,29,33). The van der Waals surface area contributed by atoms with Crippen LogP contribution in [0.25, 0.3) is 16.9 Å². The first-order valence-corrected chi connectivity index (χ1v) is 10.1. The van der Waals surface area contributed by atoms with Crippen molar-refractivity contribution in [3.63, 3.8) is 0 Å². The van der Waals surface area contributed by atoms with Gasteiger partial charge in [-0.15, -0.1) is 0 Å². The molecule has 0 amide bonds. The number of hydrogen-bond acceptors (Lipinski definition) is 8. The first kappa shape index (κ1) is 22.0. The highest BCUT2D eigenvalue weighted by Gasteiger charge is 2.17. The van der Waals surface area contributed by atoms with E-state index in [0.29, 0.717) is 5.69 Å². The van der Waals surface area contributed by atoms with Crippen LogP contribution in [0.1, 0.15) is 11.1 Å². The quantitative estimate of drug-likeness (QED) is 0.226. The van der Waals surface area contributed by atoms with Gasteiger partial charge in [0.15, 0.2) is 15.9 Å². The molecule has 0 saturated carbocycles. The molecule has 0 atom stereocenters. The summed E-state index contributed by atoms with van der Waals surface area (Å²) < 4.78 is 5.02. The van der Waals surface area contributed by atoms with Crippen LogP contribution in [0.5, 0.6) is 5.88 Å². The second kappa shape index (κ2) is 8.02. The average Bonchev–Trinajstić information content (AvgIpc) is 3.09. The minimum Gasteiger partial charge on any atom is -0.494 e. The molecule has 3 heterocycles. The van der Waals surface area contributed by atoms with Crippen LogP contribution in [0.3, 0.4) is 0 Å². The molecule has 0 radical (unpaired) electrons. The molecule has 3 aromatic heterocycles. The molecule has 170 valence electrons. The molecule has 12 nitrogen and oxygen atoms in total. The van der Waals surface area contributed by atoms with E-state index in [1.54, 1.807) is 25.2 Å². The van der Waals surface area contributed by atoms with E-state index in [9.17, 15) is 19.5 Å². The molecule has 13 heteroatoms. The van der Waals surface area contributed by atoms with E-state index in [-0.39, 0.29) is 33.3 Å². The van der Waals surface area contributed by atoms with Crippen molar-refractivity contribution in [3.8, 4) is 11.6 Å². The second-order valence-electron chi connectivity index (χ2n) is 7.41. The Morgan fingerprint density at radius 3 is 2.58 bits per heavy atom. The van der Waals surface area contributed by atoms with Gasteiger partial charge in [-0.05, 0) is 36.8 Å². The molecule has 0 bridgehead atoms. The van der Waals surface area contributed by atoms with Gasteiger partial charge in [0.05, 0.1) is 11.9 Å². The normalized spacial score (nSPS) is 11.5. The van der Waals surface area contributed by atoms with Crippen LogP contribution in [0.15, 0.2) is 43.8 Å². The van der Waals surface area contributed by atoms with E-state index >= 15 is 0 Å². The van der Waals surface area contributed by atoms with Gasteiger partial charge in [0.25, 0.3) is 11.1 Å². The van der Waals surface area contributed by atoms with Crippen LogP contribution in [-0.4, -0.2) is 39.6 Å². The van der Waals surface area contributed by atoms with Crippen LogP contribution in [0, 0.1) is 11.7 Å². The Morgan fingerprint density at radius 2 is 1.88 bits per heavy atom. The number of imidazole rings is 1. The lowest BCUT2D eigenvalue weighted by Gasteiger charge is -2.11. The lowest BCUT2D eigenvalue weighted by Crippen LogP contribution is -2.37. The van der Waals surface area contributed by atoms with E-state index in [2.05, 4.69) is 20.5 Å². The van der Waals surface area contributed by atoms with Gasteiger partial charge in [-0.3, -0.25) is 28.3 Å². The molecule has 0 aliphatic rings. The monoisotopic (exact) mass is 468 g/mol. The lowest BCUT2D eigenvalue weighted by molar-refractivity contribution is 0.432. The first-order chi connectivity index (χ1) is 15.6. The van der Waals surface area contributed by atoms with E-state index < -0.39 is 16.8 Å². The predicted octanol–water partition coefficient (Wildman–Crippen LogP) is 0.639. The Morgan fingerprint density at radius 1 is 1.15 bits per heavy atom. The number of nitrogens with zero attached hydrogens (tertiary/aromatic N) is 6. The van der Waals surface area contributed by atoms with Gasteiger partial charge in [0, 0.05) is 21.1 Å². The summed E-state index contributed by atoms with van der Waals surface area (Å²) in [4.78, 5) is 43.8. The van der Waals surface area contributed by atoms with E-state index in [0.717, 1.165) is 16.3 Å². The number of H-pyrrole nitrogens is 1. The van der Waals surface area contributed by atoms with Gasteiger partial charge < -0.3 is 9.67 Å². The number of aromatic hydroxyl groups is 1. The van der Waals surface area contributed by atoms with Crippen molar-refractivity contribution in [3.05, 3.63) is 71.4 Å². The van der Waals surface area contributed by atoms with E-state index in [1.807, 2.05) is 13.0 Å². The van der Waals surface area contributed by atoms with Crippen LogP contribution >= 0.6 is 12.2 Å². The van der Waals surface area contributed by atoms with Crippen molar-refractivity contribution in [1.82, 2.24) is 28.2 Å². The number of aryl methyl sites for hydroxylation is 3. The van der Waals surface area contributed by atoms with Crippen LogP contribution in [0.2, 0.25) is 0 Å². The summed E-state index contributed by atoms with van der Waals surface area (Å²) in [6, 6.07) is 7.24. The number of benzene rings is 1. The van der Waals surface area contributed by atoms with Crippen LogP contribution in [-0.2, 0) is 21.1 Å². The highest BCUT2D eigenvalue weighted by molar-refractivity contribution is 7.71. The van der Waals surface area contributed by atoms with Crippen molar-refractivity contribution in [2.24, 2.45) is 26.2 Å². The minimum absolute atomic E-state index is 0.0281. The number of fused-ring (bicyclic) bond motifs is 1.